The van der Waals surface area contributed by atoms with Gasteiger partial charge in [0.2, 0.25) is 5.65 Å². The number of hydrogen-bond donors (Lipinski definition) is 0. The lowest BCUT2D eigenvalue weighted by molar-refractivity contribution is -0.472. The van der Waals surface area contributed by atoms with Crippen molar-refractivity contribution in [2.75, 3.05) is 27.7 Å². The lowest BCUT2D eigenvalue weighted by Crippen LogP contribution is -2.39. The second-order valence-electron chi connectivity index (χ2n) is 4.06. The normalized spacial score (nSPS) is 10.6. The number of nitrogens with zero attached hydrogens (tertiary/aromatic N) is 6. The van der Waals surface area contributed by atoms with Gasteiger partial charge >= 0.3 is 5.96 Å². The highest BCUT2D eigenvalue weighted by Gasteiger charge is 2.22. The zero-order valence-corrected chi connectivity index (χ0v) is 10.6. The monoisotopic (exact) mass is 233 g/mol. The van der Waals surface area contributed by atoms with Gasteiger partial charge in [-0.3, -0.25) is 9.48 Å². The maximum Gasteiger partial charge on any atom is 0.380 e. The van der Waals surface area contributed by atoms with Gasteiger partial charge in [-0.15, -0.1) is 0 Å². The predicted octanol–water partition coefficient (Wildman–Crippen LogP) is 0.254. The Kier molecular flexibility index (Phi) is 3.03. The van der Waals surface area contributed by atoms with Crippen molar-refractivity contribution in [3.8, 4) is 0 Å². The van der Waals surface area contributed by atoms with Crippen LogP contribution in [0.4, 0.5) is 0 Å². The maximum atomic E-state index is 4.18. The Morgan fingerprint density at radius 1 is 1.47 bits per heavy atom. The van der Waals surface area contributed by atoms with E-state index >= 15 is 0 Å². The summed E-state index contributed by atoms with van der Waals surface area (Å²) in [6.45, 7) is 3.00. The van der Waals surface area contributed by atoms with Crippen LogP contribution in [0.3, 0.4) is 0 Å². The van der Waals surface area contributed by atoms with E-state index in [0.717, 1.165) is 18.0 Å². The van der Waals surface area contributed by atoms with Gasteiger partial charge in [-0.25, -0.2) is 4.98 Å². The molecular weight excluding hydrogens is 216 g/mol. The fraction of sp³-hybridized carbons (Fsp3) is 0.455. The van der Waals surface area contributed by atoms with Gasteiger partial charge in [-0.2, -0.15) is 0 Å². The molecule has 0 aliphatic carbocycles. The second kappa shape index (κ2) is 4.48. The highest BCUT2D eigenvalue weighted by Crippen LogP contribution is 2.07. The Hall–Kier alpha value is -1.98. The zero-order valence-electron chi connectivity index (χ0n) is 10.6. The van der Waals surface area contributed by atoms with Crippen LogP contribution in [0.1, 0.15) is 6.92 Å². The Balaban J connectivity index is 2.62. The van der Waals surface area contributed by atoms with Crippen LogP contribution in [-0.4, -0.2) is 63.1 Å². The molecule has 0 unspecified atom stereocenters. The summed E-state index contributed by atoms with van der Waals surface area (Å²) in [7, 11) is 6.01. The fourth-order valence-corrected chi connectivity index (χ4v) is 1.75. The van der Waals surface area contributed by atoms with Crippen molar-refractivity contribution in [1.82, 2.24) is 24.9 Å². The summed E-state index contributed by atoms with van der Waals surface area (Å²) in [5, 5.41) is 8.24. The number of rotatable bonds is 1. The first-order valence-electron chi connectivity index (χ1n) is 5.57. The predicted molar refractivity (Wildman–Crippen MR) is 66.1 cm³/mol. The first-order chi connectivity index (χ1) is 8.15. The van der Waals surface area contributed by atoms with E-state index in [0.29, 0.717) is 5.65 Å². The summed E-state index contributed by atoms with van der Waals surface area (Å²) in [5.74, 6) is 0.975. The SMILES string of the molecule is CCN(C)C(n1nnc2ncccc21)=[N+](C)C. The first-order valence-corrected chi connectivity index (χ1v) is 5.57. The largest absolute Gasteiger partial charge is 0.380 e. The van der Waals surface area contributed by atoms with Crippen molar-refractivity contribution in [3.05, 3.63) is 18.3 Å². The molecule has 0 saturated carbocycles. The molecule has 6 heteroatoms. The van der Waals surface area contributed by atoms with Gasteiger partial charge in [0, 0.05) is 11.4 Å². The number of aromatic nitrogens is 4. The lowest BCUT2D eigenvalue weighted by atomic mass is 10.4. The fourth-order valence-electron chi connectivity index (χ4n) is 1.75. The molecule has 0 atom stereocenters. The molecule has 2 heterocycles. The molecule has 0 aliphatic rings. The topological polar surface area (TPSA) is 49.9 Å². The molecule has 2 aromatic heterocycles. The zero-order chi connectivity index (χ0) is 12.4. The Morgan fingerprint density at radius 3 is 2.88 bits per heavy atom. The summed E-state index contributed by atoms with van der Waals surface area (Å²) in [5.41, 5.74) is 1.58. The van der Waals surface area contributed by atoms with E-state index in [2.05, 4.69) is 27.1 Å². The summed E-state index contributed by atoms with van der Waals surface area (Å²) in [4.78, 5) is 6.30. The minimum Gasteiger partial charge on any atom is -0.268 e. The van der Waals surface area contributed by atoms with E-state index in [1.807, 2.05) is 42.5 Å². The quantitative estimate of drug-likeness (QED) is 0.402. The molecule has 90 valence electrons. The third kappa shape index (κ3) is 1.98. The molecule has 0 amide bonds. The van der Waals surface area contributed by atoms with Crippen molar-refractivity contribution < 1.29 is 4.58 Å². The van der Waals surface area contributed by atoms with E-state index in [9.17, 15) is 0 Å². The Morgan fingerprint density at radius 2 is 2.24 bits per heavy atom. The molecule has 2 aromatic rings. The van der Waals surface area contributed by atoms with Crippen molar-refractivity contribution in [2.24, 2.45) is 0 Å². The number of hydrogen-bond acceptors (Lipinski definition) is 3. The van der Waals surface area contributed by atoms with E-state index in [1.165, 1.54) is 0 Å². The van der Waals surface area contributed by atoms with Gasteiger partial charge in [-0.05, 0) is 19.1 Å². The van der Waals surface area contributed by atoms with Crippen molar-refractivity contribution >= 4 is 17.1 Å². The molecular formula is C11H17N6+. The molecule has 0 aromatic carbocycles. The van der Waals surface area contributed by atoms with Crippen LogP contribution in [0.25, 0.3) is 11.2 Å². The second-order valence-corrected chi connectivity index (χ2v) is 4.06. The van der Waals surface area contributed by atoms with Crippen LogP contribution >= 0.6 is 0 Å². The van der Waals surface area contributed by atoms with Crippen LogP contribution in [0.2, 0.25) is 0 Å². The van der Waals surface area contributed by atoms with Crippen LogP contribution < -0.4 is 0 Å². The van der Waals surface area contributed by atoms with Crippen LogP contribution in [0.5, 0.6) is 0 Å². The van der Waals surface area contributed by atoms with E-state index in [-0.39, 0.29) is 0 Å². The molecule has 0 saturated heterocycles. The molecule has 6 nitrogen and oxygen atoms in total. The first kappa shape index (κ1) is 11.5. The van der Waals surface area contributed by atoms with Crippen LogP contribution in [0.15, 0.2) is 18.3 Å². The van der Waals surface area contributed by atoms with E-state index in [4.69, 9.17) is 0 Å². The summed E-state index contributed by atoms with van der Waals surface area (Å²) in [6.07, 6.45) is 1.72. The van der Waals surface area contributed by atoms with Crippen molar-refractivity contribution in [2.45, 2.75) is 6.92 Å². The molecule has 0 radical (unpaired) electrons. The lowest BCUT2D eigenvalue weighted by Gasteiger charge is -2.13. The average Bonchev–Trinajstić information content (AvgIpc) is 2.73. The smallest absolute Gasteiger partial charge is 0.268 e. The third-order valence-corrected chi connectivity index (χ3v) is 2.63. The minimum absolute atomic E-state index is 0.663. The van der Waals surface area contributed by atoms with Crippen molar-refractivity contribution in [1.29, 1.82) is 0 Å². The minimum atomic E-state index is 0.663. The van der Waals surface area contributed by atoms with E-state index in [1.54, 1.807) is 6.20 Å². The average molecular weight is 233 g/mol. The van der Waals surface area contributed by atoms with Gasteiger partial charge in [0.1, 0.15) is 0 Å². The Labute approximate surface area is 100 Å². The van der Waals surface area contributed by atoms with E-state index < -0.39 is 0 Å². The summed E-state index contributed by atoms with van der Waals surface area (Å²) in [6, 6.07) is 3.86. The highest BCUT2D eigenvalue weighted by molar-refractivity contribution is 5.86. The molecule has 0 aliphatic heterocycles. The number of fused-ring (bicyclic) bond motifs is 1. The third-order valence-electron chi connectivity index (χ3n) is 2.63. The molecule has 0 N–H and O–H groups in total. The molecule has 2 rings (SSSR count). The van der Waals surface area contributed by atoms with Gasteiger partial charge in [0.05, 0.1) is 27.7 Å². The molecule has 17 heavy (non-hydrogen) atoms. The maximum absolute atomic E-state index is 4.18. The van der Waals surface area contributed by atoms with Gasteiger partial charge < -0.3 is 0 Å². The number of pyridine rings is 1. The molecule has 0 fully saturated rings. The van der Waals surface area contributed by atoms with Crippen molar-refractivity contribution in [3.63, 3.8) is 0 Å². The summed E-state index contributed by atoms with van der Waals surface area (Å²) >= 11 is 0. The van der Waals surface area contributed by atoms with Gasteiger partial charge in [0.15, 0.2) is 5.52 Å². The standard InChI is InChI=1S/C11H17N6/c1-5-16(4)11(15(2)3)17-9-7-6-8-12-10(9)13-14-17/h6-8H,5H2,1-4H3/q+1. The van der Waals surface area contributed by atoms with Crippen LogP contribution in [-0.2, 0) is 0 Å². The molecule has 0 bridgehead atoms. The van der Waals surface area contributed by atoms with Gasteiger partial charge in [0.25, 0.3) is 0 Å². The molecule has 0 spiro atoms. The summed E-state index contributed by atoms with van der Waals surface area (Å²) < 4.78 is 3.83. The van der Waals surface area contributed by atoms with Gasteiger partial charge in [-0.1, -0.05) is 9.78 Å². The highest BCUT2D eigenvalue weighted by atomic mass is 15.5. The Bertz CT molecular complexity index is 552. The van der Waals surface area contributed by atoms with Crippen LogP contribution in [0, 0.1) is 0 Å².